The Balaban J connectivity index is 2.52. The van der Waals surface area contributed by atoms with E-state index in [4.69, 9.17) is 23.2 Å². The van der Waals surface area contributed by atoms with Crippen LogP contribution >= 0.6 is 23.2 Å². The monoisotopic (exact) mass is 254 g/mol. The third kappa shape index (κ3) is 1.91. The van der Waals surface area contributed by atoms with Crippen molar-refractivity contribution >= 4 is 23.2 Å². The van der Waals surface area contributed by atoms with Crippen molar-refractivity contribution in [2.75, 3.05) is 13.1 Å². The molecule has 1 aromatic carbocycles. The third-order valence-corrected chi connectivity index (χ3v) is 3.74. The Morgan fingerprint density at radius 3 is 2.25 bits per heavy atom. The van der Waals surface area contributed by atoms with E-state index in [-0.39, 0.29) is 0 Å². The van der Waals surface area contributed by atoms with Crippen LogP contribution in [0.25, 0.3) is 0 Å². The molecule has 0 amide bonds. The molecule has 16 heavy (non-hydrogen) atoms. The van der Waals surface area contributed by atoms with Gasteiger partial charge in [0.15, 0.2) is 0 Å². The molecule has 1 fully saturated rings. The Morgan fingerprint density at radius 1 is 1.19 bits per heavy atom. The number of piperidine rings is 1. The van der Waals surface area contributed by atoms with Crippen LogP contribution in [0.3, 0.4) is 0 Å². The normalized spacial score (nSPS) is 19.1. The Hall–Kier alpha value is -0.750. The van der Waals surface area contributed by atoms with Gasteiger partial charge < -0.3 is 5.32 Å². The molecule has 1 heterocycles. The summed E-state index contributed by atoms with van der Waals surface area (Å²) in [5.74, 6) is 0. The van der Waals surface area contributed by atoms with Crippen LogP contribution in [0.2, 0.25) is 10.0 Å². The molecule has 1 saturated heterocycles. The number of nitrogens with one attached hydrogen (secondary N) is 1. The number of rotatable bonds is 1. The number of nitriles is 1. The highest BCUT2D eigenvalue weighted by Crippen LogP contribution is 2.41. The fourth-order valence-electron chi connectivity index (χ4n) is 2.23. The zero-order chi connectivity index (χ0) is 11.6. The second-order valence-electron chi connectivity index (χ2n) is 4.04. The van der Waals surface area contributed by atoms with Gasteiger partial charge in [0.2, 0.25) is 0 Å². The molecule has 4 heteroatoms. The van der Waals surface area contributed by atoms with E-state index < -0.39 is 5.41 Å². The predicted octanol–water partition coefficient (Wildman–Crippen LogP) is 3.14. The van der Waals surface area contributed by atoms with E-state index in [0.29, 0.717) is 10.0 Å². The molecule has 1 N–H and O–H groups in total. The van der Waals surface area contributed by atoms with Gasteiger partial charge in [-0.15, -0.1) is 0 Å². The molecule has 0 atom stereocenters. The van der Waals surface area contributed by atoms with Crippen molar-refractivity contribution in [2.24, 2.45) is 0 Å². The molecule has 1 aliphatic rings. The summed E-state index contributed by atoms with van der Waals surface area (Å²) in [6.07, 6.45) is 1.51. The summed E-state index contributed by atoms with van der Waals surface area (Å²) in [5.41, 5.74) is 0.267. The minimum atomic E-state index is -0.527. The second kappa shape index (κ2) is 4.63. The van der Waals surface area contributed by atoms with E-state index in [1.807, 2.05) is 0 Å². The summed E-state index contributed by atoms with van der Waals surface area (Å²) in [7, 11) is 0. The Kier molecular flexibility index (Phi) is 3.39. The Labute approximate surface area is 105 Å². The van der Waals surface area contributed by atoms with Crippen molar-refractivity contribution in [3.8, 4) is 6.07 Å². The highest BCUT2D eigenvalue weighted by Gasteiger charge is 2.37. The first kappa shape index (κ1) is 11.7. The minimum absolute atomic E-state index is 0.527. The summed E-state index contributed by atoms with van der Waals surface area (Å²) in [6.45, 7) is 1.66. The van der Waals surface area contributed by atoms with Gasteiger partial charge in [0.25, 0.3) is 0 Å². The van der Waals surface area contributed by atoms with Gasteiger partial charge in [-0.1, -0.05) is 29.3 Å². The van der Waals surface area contributed by atoms with Gasteiger partial charge in [-0.3, -0.25) is 0 Å². The molecule has 2 nitrogen and oxygen atoms in total. The van der Waals surface area contributed by atoms with E-state index in [9.17, 15) is 5.26 Å². The predicted molar refractivity (Wildman–Crippen MR) is 65.9 cm³/mol. The van der Waals surface area contributed by atoms with E-state index in [2.05, 4.69) is 11.4 Å². The van der Waals surface area contributed by atoms with Gasteiger partial charge in [-0.05, 0) is 38.1 Å². The van der Waals surface area contributed by atoms with E-state index in [1.54, 1.807) is 18.2 Å². The van der Waals surface area contributed by atoms with Crippen LogP contribution in [-0.2, 0) is 5.41 Å². The molecular weight excluding hydrogens is 243 g/mol. The maximum Gasteiger partial charge on any atom is 0.0875 e. The van der Waals surface area contributed by atoms with E-state index >= 15 is 0 Å². The van der Waals surface area contributed by atoms with Crippen molar-refractivity contribution in [3.63, 3.8) is 0 Å². The van der Waals surface area contributed by atoms with Crippen molar-refractivity contribution in [1.82, 2.24) is 5.32 Å². The molecule has 2 rings (SSSR count). The van der Waals surface area contributed by atoms with Gasteiger partial charge in [0.05, 0.1) is 11.5 Å². The molecule has 1 aliphatic heterocycles. The lowest BCUT2D eigenvalue weighted by Gasteiger charge is -2.32. The summed E-state index contributed by atoms with van der Waals surface area (Å²) < 4.78 is 0. The van der Waals surface area contributed by atoms with Crippen LogP contribution < -0.4 is 5.32 Å². The number of hydrogen-bond acceptors (Lipinski definition) is 2. The maximum absolute atomic E-state index is 9.45. The Bertz CT molecular complexity index is 411. The van der Waals surface area contributed by atoms with E-state index in [1.165, 1.54) is 0 Å². The van der Waals surface area contributed by atoms with E-state index in [0.717, 1.165) is 31.5 Å². The number of nitrogens with zero attached hydrogens (tertiary/aromatic N) is 1. The highest BCUT2D eigenvalue weighted by atomic mass is 35.5. The largest absolute Gasteiger partial charge is 0.317 e. The zero-order valence-electron chi connectivity index (χ0n) is 8.76. The molecule has 0 radical (unpaired) electrons. The number of benzene rings is 1. The van der Waals surface area contributed by atoms with Crippen molar-refractivity contribution in [3.05, 3.63) is 33.8 Å². The van der Waals surface area contributed by atoms with Gasteiger partial charge in [0.1, 0.15) is 0 Å². The standard InChI is InChI=1S/C12H12Cl2N2/c13-9-2-1-3-10(14)11(9)12(8-15)4-6-16-7-5-12/h1-3,16H,4-7H2. The topological polar surface area (TPSA) is 35.8 Å². The minimum Gasteiger partial charge on any atom is -0.317 e. The number of hydrogen-bond donors (Lipinski definition) is 1. The molecule has 1 aromatic rings. The van der Waals surface area contributed by atoms with Crippen LogP contribution in [-0.4, -0.2) is 13.1 Å². The third-order valence-electron chi connectivity index (χ3n) is 3.11. The average Bonchev–Trinajstić information content (AvgIpc) is 2.30. The molecular formula is C12H12Cl2N2. The zero-order valence-corrected chi connectivity index (χ0v) is 10.3. The van der Waals surface area contributed by atoms with Crippen LogP contribution in [0.1, 0.15) is 18.4 Å². The highest BCUT2D eigenvalue weighted by molar-refractivity contribution is 6.36. The molecule has 0 bridgehead atoms. The maximum atomic E-state index is 9.45. The Morgan fingerprint density at radius 2 is 1.75 bits per heavy atom. The molecule has 84 valence electrons. The first-order chi connectivity index (χ1) is 7.69. The van der Waals surface area contributed by atoms with Crippen molar-refractivity contribution < 1.29 is 0 Å². The summed E-state index contributed by atoms with van der Waals surface area (Å²) in [5, 5.41) is 13.9. The van der Waals surface area contributed by atoms with Crippen LogP contribution in [0.15, 0.2) is 18.2 Å². The quantitative estimate of drug-likeness (QED) is 0.836. The first-order valence-electron chi connectivity index (χ1n) is 5.26. The fourth-order valence-corrected chi connectivity index (χ4v) is 2.99. The van der Waals surface area contributed by atoms with Crippen LogP contribution in [0.5, 0.6) is 0 Å². The SMILES string of the molecule is N#CC1(c2c(Cl)cccc2Cl)CCNCC1. The molecule has 0 aliphatic carbocycles. The molecule has 0 aromatic heterocycles. The molecule has 0 spiro atoms. The lowest BCUT2D eigenvalue weighted by molar-refractivity contribution is 0.383. The summed E-state index contributed by atoms with van der Waals surface area (Å²) in [4.78, 5) is 0. The fraction of sp³-hybridized carbons (Fsp3) is 0.417. The van der Waals surface area contributed by atoms with Crippen molar-refractivity contribution in [1.29, 1.82) is 5.26 Å². The van der Waals surface area contributed by atoms with Gasteiger partial charge in [-0.2, -0.15) is 5.26 Å². The smallest absolute Gasteiger partial charge is 0.0875 e. The lowest BCUT2D eigenvalue weighted by Crippen LogP contribution is -2.39. The van der Waals surface area contributed by atoms with Gasteiger partial charge in [-0.25, -0.2) is 0 Å². The average molecular weight is 255 g/mol. The van der Waals surface area contributed by atoms with Crippen LogP contribution in [0.4, 0.5) is 0 Å². The summed E-state index contributed by atoms with van der Waals surface area (Å²) >= 11 is 12.4. The van der Waals surface area contributed by atoms with Crippen molar-refractivity contribution in [2.45, 2.75) is 18.3 Å². The van der Waals surface area contributed by atoms with Crippen LogP contribution in [0, 0.1) is 11.3 Å². The molecule has 0 saturated carbocycles. The van der Waals surface area contributed by atoms with Gasteiger partial charge in [0, 0.05) is 15.6 Å². The summed E-state index contributed by atoms with van der Waals surface area (Å²) in [6, 6.07) is 7.80. The second-order valence-corrected chi connectivity index (χ2v) is 4.85. The number of halogens is 2. The lowest BCUT2D eigenvalue weighted by atomic mass is 9.74. The van der Waals surface area contributed by atoms with Gasteiger partial charge >= 0.3 is 0 Å². The molecule has 0 unspecified atom stereocenters. The first-order valence-corrected chi connectivity index (χ1v) is 6.02.